The normalized spacial score (nSPS) is 12.1. The summed E-state index contributed by atoms with van der Waals surface area (Å²) in [6, 6.07) is 26.7. The monoisotopic (exact) mass is 390 g/mol. The summed E-state index contributed by atoms with van der Waals surface area (Å²) in [5.41, 5.74) is 1.33. The molecular weight excluding hydrogens is 375 g/mol. The average Bonchev–Trinajstić information content (AvgIpc) is 2.62. The number of rotatable bonds is 6. The van der Waals surface area contributed by atoms with Gasteiger partial charge in [0.2, 0.25) is 0 Å². The predicted octanol–water partition coefficient (Wildman–Crippen LogP) is 7.62. The maximum absolute atomic E-state index is 6.00. The molecule has 1 atom stereocenters. The number of halogens is 2. The van der Waals surface area contributed by atoms with E-state index in [0.717, 1.165) is 15.8 Å². The van der Waals surface area contributed by atoms with E-state index in [1.807, 2.05) is 47.8 Å². The SMILES string of the molecule is Clc1ccc(SCC(Sc2ccc(Cl)cc2)c2ccccc2)cc1. The largest absolute Gasteiger partial charge is 0.125 e. The molecule has 0 bridgehead atoms. The Labute approximate surface area is 161 Å². The zero-order valence-electron chi connectivity index (χ0n) is 12.9. The van der Waals surface area contributed by atoms with Gasteiger partial charge in [0.05, 0.1) is 0 Å². The van der Waals surface area contributed by atoms with Gasteiger partial charge in [-0.25, -0.2) is 0 Å². The number of benzene rings is 3. The van der Waals surface area contributed by atoms with Crippen LogP contribution in [0.2, 0.25) is 10.0 Å². The van der Waals surface area contributed by atoms with Gasteiger partial charge >= 0.3 is 0 Å². The van der Waals surface area contributed by atoms with Crippen LogP contribution in [0.25, 0.3) is 0 Å². The van der Waals surface area contributed by atoms with Gasteiger partial charge < -0.3 is 0 Å². The van der Waals surface area contributed by atoms with E-state index in [9.17, 15) is 0 Å². The highest BCUT2D eigenvalue weighted by molar-refractivity contribution is 8.03. The predicted molar refractivity (Wildman–Crippen MR) is 109 cm³/mol. The molecule has 0 aliphatic heterocycles. The molecule has 0 saturated heterocycles. The lowest BCUT2D eigenvalue weighted by atomic mass is 10.2. The van der Waals surface area contributed by atoms with Crippen LogP contribution in [0.5, 0.6) is 0 Å². The fourth-order valence-corrected chi connectivity index (χ4v) is 4.75. The topological polar surface area (TPSA) is 0 Å². The van der Waals surface area contributed by atoms with E-state index in [1.165, 1.54) is 15.4 Å². The molecule has 3 rings (SSSR count). The van der Waals surface area contributed by atoms with Gasteiger partial charge in [-0.3, -0.25) is 0 Å². The van der Waals surface area contributed by atoms with Gasteiger partial charge in [0.25, 0.3) is 0 Å². The van der Waals surface area contributed by atoms with Crippen LogP contribution in [0.3, 0.4) is 0 Å². The zero-order valence-corrected chi connectivity index (χ0v) is 16.0. The summed E-state index contributed by atoms with van der Waals surface area (Å²) in [4.78, 5) is 2.46. The maximum atomic E-state index is 6.00. The summed E-state index contributed by atoms with van der Waals surface area (Å²) in [5.74, 6) is 0.985. The highest BCUT2D eigenvalue weighted by Gasteiger charge is 2.14. The highest BCUT2D eigenvalue weighted by Crippen LogP contribution is 2.39. The van der Waals surface area contributed by atoms with Crippen LogP contribution >= 0.6 is 46.7 Å². The molecule has 0 amide bonds. The molecule has 0 radical (unpaired) electrons. The van der Waals surface area contributed by atoms with E-state index in [2.05, 4.69) is 54.6 Å². The van der Waals surface area contributed by atoms with Crippen LogP contribution in [0, 0.1) is 0 Å². The molecule has 24 heavy (non-hydrogen) atoms. The molecule has 0 fully saturated rings. The van der Waals surface area contributed by atoms with Crippen molar-refractivity contribution in [2.75, 3.05) is 5.75 Å². The summed E-state index contributed by atoms with van der Waals surface area (Å²) in [7, 11) is 0. The van der Waals surface area contributed by atoms with E-state index in [1.54, 1.807) is 0 Å². The molecule has 0 saturated carbocycles. The van der Waals surface area contributed by atoms with E-state index < -0.39 is 0 Å². The van der Waals surface area contributed by atoms with Crippen LogP contribution in [0.4, 0.5) is 0 Å². The second-order valence-electron chi connectivity index (χ2n) is 5.24. The molecule has 0 aliphatic rings. The summed E-state index contributed by atoms with van der Waals surface area (Å²) in [5, 5.41) is 1.91. The van der Waals surface area contributed by atoms with Crippen LogP contribution in [0.15, 0.2) is 88.7 Å². The third-order valence-electron chi connectivity index (χ3n) is 3.48. The van der Waals surface area contributed by atoms with E-state index in [0.29, 0.717) is 5.25 Å². The van der Waals surface area contributed by atoms with Gasteiger partial charge in [-0.1, -0.05) is 53.5 Å². The Bertz CT molecular complexity index is 756. The molecule has 4 heteroatoms. The Balaban J connectivity index is 1.74. The van der Waals surface area contributed by atoms with Crippen molar-refractivity contribution in [2.45, 2.75) is 15.0 Å². The molecule has 1 unspecified atom stereocenters. The van der Waals surface area contributed by atoms with E-state index >= 15 is 0 Å². The molecular formula is C20H16Cl2S2. The van der Waals surface area contributed by atoms with Gasteiger partial charge in [0.15, 0.2) is 0 Å². The van der Waals surface area contributed by atoms with Crippen molar-refractivity contribution in [3.63, 3.8) is 0 Å². The van der Waals surface area contributed by atoms with Gasteiger partial charge in [-0.15, -0.1) is 23.5 Å². The first-order valence-electron chi connectivity index (χ1n) is 7.56. The van der Waals surface area contributed by atoms with Crippen LogP contribution in [0.1, 0.15) is 10.8 Å². The minimum Gasteiger partial charge on any atom is -0.125 e. The van der Waals surface area contributed by atoms with E-state index in [4.69, 9.17) is 23.2 Å². The maximum Gasteiger partial charge on any atom is 0.0438 e. The summed E-state index contributed by atoms with van der Waals surface area (Å²) >= 11 is 15.7. The number of thioether (sulfide) groups is 2. The van der Waals surface area contributed by atoms with Gasteiger partial charge in [0.1, 0.15) is 0 Å². The highest BCUT2D eigenvalue weighted by atomic mass is 35.5. The minimum atomic E-state index is 0.369. The summed E-state index contributed by atoms with van der Waals surface area (Å²) in [6.07, 6.45) is 0. The van der Waals surface area contributed by atoms with Crippen molar-refractivity contribution in [3.8, 4) is 0 Å². The molecule has 0 spiro atoms. The summed E-state index contributed by atoms with van der Waals surface area (Å²) in [6.45, 7) is 0. The first-order valence-corrected chi connectivity index (χ1v) is 10.2. The average molecular weight is 391 g/mol. The van der Waals surface area contributed by atoms with Crippen LogP contribution in [-0.4, -0.2) is 5.75 Å². The Morgan fingerprint density at radius 3 is 1.79 bits per heavy atom. The summed E-state index contributed by atoms with van der Waals surface area (Å²) < 4.78 is 0. The molecule has 3 aromatic carbocycles. The Kier molecular flexibility index (Phi) is 6.56. The molecule has 0 aliphatic carbocycles. The van der Waals surface area contributed by atoms with Crippen molar-refractivity contribution in [1.29, 1.82) is 0 Å². The third-order valence-corrected chi connectivity index (χ3v) is 6.57. The lowest BCUT2D eigenvalue weighted by molar-refractivity contribution is 1.11. The lowest BCUT2D eigenvalue weighted by Gasteiger charge is -2.17. The first kappa shape index (κ1) is 17.8. The third kappa shape index (κ3) is 5.22. The van der Waals surface area contributed by atoms with Crippen molar-refractivity contribution in [1.82, 2.24) is 0 Å². The van der Waals surface area contributed by atoms with Crippen molar-refractivity contribution in [3.05, 3.63) is 94.5 Å². The van der Waals surface area contributed by atoms with E-state index in [-0.39, 0.29) is 0 Å². The van der Waals surface area contributed by atoms with Gasteiger partial charge in [0, 0.05) is 30.8 Å². The molecule has 0 aromatic heterocycles. The number of hydrogen-bond acceptors (Lipinski definition) is 2. The van der Waals surface area contributed by atoms with Gasteiger partial charge in [-0.2, -0.15) is 0 Å². The Morgan fingerprint density at radius 2 is 1.21 bits per heavy atom. The first-order chi connectivity index (χ1) is 11.7. The Hall–Kier alpha value is -1.06. The fourth-order valence-electron chi connectivity index (χ4n) is 2.25. The molecule has 0 nitrogen and oxygen atoms in total. The fraction of sp³-hybridized carbons (Fsp3) is 0.100. The van der Waals surface area contributed by atoms with Crippen LogP contribution in [-0.2, 0) is 0 Å². The standard InChI is InChI=1S/C20H16Cl2S2/c21-16-6-10-18(11-7-16)23-14-20(15-4-2-1-3-5-15)24-19-12-8-17(22)9-13-19/h1-13,20H,14H2. The lowest BCUT2D eigenvalue weighted by Crippen LogP contribution is -1.97. The quantitative estimate of drug-likeness (QED) is 0.396. The second kappa shape index (κ2) is 8.87. The molecule has 122 valence electrons. The minimum absolute atomic E-state index is 0.369. The molecule has 0 N–H and O–H groups in total. The smallest absolute Gasteiger partial charge is 0.0438 e. The van der Waals surface area contributed by atoms with Gasteiger partial charge in [-0.05, 0) is 54.1 Å². The van der Waals surface area contributed by atoms with Crippen molar-refractivity contribution >= 4 is 46.7 Å². The number of hydrogen-bond donors (Lipinski definition) is 0. The molecule has 0 heterocycles. The molecule has 3 aromatic rings. The van der Waals surface area contributed by atoms with Crippen molar-refractivity contribution < 1.29 is 0 Å². The second-order valence-corrected chi connectivity index (χ2v) is 8.48. The van der Waals surface area contributed by atoms with Crippen LogP contribution < -0.4 is 0 Å². The Morgan fingerprint density at radius 1 is 0.667 bits per heavy atom. The van der Waals surface area contributed by atoms with Crippen molar-refractivity contribution in [2.24, 2.45) is 0 Å². The zero-order chi connectivity index (χ0) is 16.8.